The molecular formula is C26H17BrO. The van der Waals surface area contributed by atoms with Gasteiger partial charge in [0.2, 0.25) is 0 Å². The molecule has 0 saturated carbocycles. The lowest BCUT2D eigenvalue weighted by Gasteiger charge is -2.26. The number of benzene rings is 4. The SMILES string of the molecule is Brc1ccc2c(c1)Oc1ccccc1C2=C(c1ccccc1)c1ccccc1. The summed E-state index contributed by atoms with van der Waals surface area (Å²) in [5.74, 6) is 1.75. The minimum atomic E-state index is 0.868. The Bertz CT molecular complexity index is 1140. The summed E-state index contributed by atoms with van der Waals surface area (Å²) in [6, 6.07) is 35.7. The molecule has 0 unspecified atom stereocenters. The maximum atomic E-state index is 6.25. The van der Waals surface area contributed by atoms with E-state index in [4.69, 9.17) is 4.74 Å². The van der Waals surface area contributed by atoms with Gasteiger partial charge in [0.1, 0.15) is 11.5 Å². The molecule has 1 aliphatic rings. The molecular weight excluding hydrogens is 408 g/mol. The second-order valence-corrected chi connectivity index (χ2v) is 7.64. The topological polar surface area (TPSA) is 9.23 Å². The van der Waals surface area contributed by atoms with Gasteiger partial charge < -0.3 is 4.74 Å². The number of para-hydroxylation sites is 1. The Labute approximate surface area is 173 Å². The molecule has 0 aliphatic carbocycles. The molecule has 134 valence electrons. The van der Waals surface area contributed by atoms with Gasteiger partial charge >= 0.3 is 0 Å². The molecule has 0 aromatic heterocycles. The molecule has 1 heterocycles. The molecule has 0 atom stereocenters. The van der Waals surface area contributed by atoms with Crippen molar-refractivity contribution in [2.24, 2.45) is 0 Å². The van der Waals surface area contributed by atoms with Crippen molar-refractivity contribution in [1.29, 1.82) is 0 Å². The third kappa shape index (κ3) is 2.96. The van der Waals surface area contributed by atoms with Crippen molar-refractivity contribution in [3.8, 4) is 11.5 Å². The van der Waals surface area contributed by atoms with Crippen molar-refractivity contribution in [2.75, 3.05) is 0 Å². The van der Waals surface area contributed by atoms with Crippen LogP contribution >= 0.6 is 15.9 Å². The molecule has 0 spiro atoms. The fourth-order valence-corrected chi connectivity index (χ4v) is 4.09. The largest absolute Gasteiger partial charge is 0.456 e. The van der Waals surface area contributed by atoms with Gasteiger partial charge in [0.05, 0.1) is 0 Å². The van der Waals surface area contributed by atoms with Crippen molar-refractivity contribution in [3.63, 3.8) is 0 Å². The summed E-state index contributed by atoms with van der Waals surface area (Å²) in [7, 11) is 0. The monoisotopic (exact) mass is 424 g/mol. The van der Waals surface area contributed by atoms with E-state index in [9.17, 15) is 0 Å². The summed E-state index contributed by atoms with van der Waals surface area (Å²) in [5.41, 5.74) is 7.00. The molecule has 4 aromatic rings. The van der Waals surface area contributed by atoms with Crippen molar-refractivity contribution >= 4 is 27.1 Å². The number of rotatable bonds is 2. The summed E-state index contributed by atoms with van der Waals surface area (Å²) < 4.78 is 7.25. The van der Waals surface area contributed by atoms with Crippen LogP contribution < -0.4 is 4.74 Å². The van der Waals surface area contributed by atoms with Gasteiger partial charge in [0.25, 0.3) is 0 Å². The zero-order valence-corrected chi connectivity index (χ0v) is 16.7. The van der Waals surface area contributed by atoms with Crippen molar-refractivity contribution < 1.29 is 4.74 Å². The van der Waals surface area contributed by atoms with Gasteiger partial charge in [-0.05, 0) is 41.0 Å². The number of ether oxygens (including phenoxy) is 1. The van der Waals surface area contributed by atoms with Gasteiger partial charge in [0.15, 0.2) is 0 Å². The Morgan fingerprint density at radius 3 is 1.82 bits per heavy atom. The van der Waals surface area contributed by atoms with Crippen LogP contribution in [0, 0.1) is 0 Å². The van der Waals surface area contributed by atoms with E-state index in [1.54, 1.807) is 0 Å². The van der Waals surface area contributed by atoms with Crippen molar-refractivity contribution in [2.45, 2.75) is 0 Å². The highest BCUT2D eigenvalue weighted by molar-refractivity contribution is 9.10. The van der Waals surface area contributed by atoms with Crippen LogP contribution in [0.25, 0.3) is 11.1 Å². The lowest BCUT2D eigenvalue weighted by atomic mass is 9.84. The number of halogens is 1. The summed E-state index contributed by atoms with van der Waals surface area (Å²) in [4.78, 5) is 0. The first-order chi connectivity index (χ1) is 13.8. The fraction of sp³-hybridized carbons (Fsp3) is 0. The van der Waals surface area contributed by atoms with Crippen LogP contribution in [0.5, 0.6) is 11.5 Å². The van der Waals surface area contributed by atoms with Gasteiger partial charge in [-0.25, -0.2) is 0 Å². The average molecular weight is 425 g/mol. The molecule has 0 bridgehead atoms. The molecule has 0 fully saturated rings. The van der Waals surface area contributed by atoms with Crippen LogP contribution in [0.4, 0.5) is 0 Å². The predicted octanol–water partition coefficient (Wildman–Crippen LogP) is 7.56. The van der Waals surface area contributed by atoms with Crippen LogP contribution in [-0.2, 0) is 0 Å². The second-order valence-electron chi connectivity index (χ2n) is 6.72. The Hall–Kier alpha value is -3.10. The zero-order valence-electron chi connectivity index (χ0n) is 15.1. The summed E-state index contributed by atoms with van der Waals surface area (Å²) in [5, 5.41) is 0. The number of fused-ring (bicyclic) bond motifs is 2. The van der Waals surface area contributed by atoms with Crippen molar-refractivity contribution in [1.82, 2.24) is 0 Å². The molecule has 2 heteroatoms. The summed E-state index contributed by atoms with van der Waals surface area (Å²) in [6.07, 6.45) is 0. The molecule has 0 N–H and O–H groups in total. The van der Waals surface area contributed by atoms with Gasteiger partial charge in [-0.1, -0.05) is 94.8 Å². The highest BCUT2D eigenvalue weighted by Gasteiger charge is 2.26. The quantitative estimate of drug-likeness (QED) is 0.284. The molecule has 4 aromatic carbocycles. The first kappa shape index (κ1) is 17.0. The highest BCUT2D eigenvalue weighted by atomic mass is 79.9. The molecule has 0 saturated heterocycles. The molecule has 0 amide bonds. The molecule has 0 radical (unpaired) electrons. The molecule has 28 heavy (non-hydrogen) atoms. The van der Waals surface area contributed by atoms with Gasteiger partial charge in [0, 0.05) is 21.2 Å². The second kappa shape index (κ2) is 7.14. The smallest absolute Gasteiger partial charge is 0.136 e. The Kier molecular flexibility index (Phi) is 4.34. The third-order valence-corrected chi connectivity index (χ3v) is 5.46. The summed E-state index contributed by atoms with van der Waals surface area (Å²) in [6.45, 7) is 0. The fourth-order valence-electron chi connectivity index (χ4n) is 3.75. The predicted molar refractivity (Wildman–Crippen MR) is 119 cm³/mol. The molecule has 5 rings (SSSR count). The molecule has 1 nitrogen and oxygen atoms in total. The Morgan fingerprint density at radius 1 is 0.571 bits per heavy atom. The normalized spacial score (nSPS) is 12.0. The first-order valence-electron chi connectivity index (χ1n) is 9.23. The van der Waals surface area contributed by atoms with Gasteiger partial charge in [-0.2, -0.15) is 0 Å². The minimum absolute atomic E-state index is 0.868. The first-order valence-corrected chi connectivity index (χ1v) is 10.0. The van der Waals surface area contributed by atoms with E-state index < -0.39 is 0 Å². The van der Waals surface area contributed by atoms with E-state index in [1.165, 1.54) is 22.3 Å². The van der Waals surface area contributed by atoms with Crippen molar-refractivity contribution in [3.05, 3.63) is 130 Å². The van der Waals surface area contributed by atoms with Gasteiger partial charge in [-0.3, -0.25) is 0 Å². The number of hydrogen-bond acceptors (Lipinski definition) is 1. The Balaban J connectivity index is 1.92. The summed E-state index contributed by atoms with van der Waals surface area (Å²) >= 11 is 3.58. The van der Waals surface area contributed by atoms with Crippen LogP contribution in [0.3, 0.4) is 0 Å². The third-order valence-electron chi connectivity index (χ3n) is 4.96. The number of hydrogen-bond donors (Lipinski definition) is 0. The average Bonchev–Trinajstić information content (AvgIpc) is 2.75. The maximum Gasteiger partial charge on any atom is 0.136 e. The lowest BCUT2D eigenvalue weighted by Crippen LogP contribution is -2.05. The maximum absolute atomic E-state index is 6.25. The minimum Gasteiger partial charge on any atom is -0.456 e. The van der Waals surface area contributed by atoms with Crippen LogP contribution in [0.1, 0.15) is 22.3 Å². The zero-order chi connectivity index (χ0) is 18.9. The van der Waals surface area contributed by atoms with Crippen LogP contribution in [0.2, 0.25) is 0 Å². The standard InChI is InChI=1S/C26H17BrO/c27-20-15-16-22-24(17-20)28-23-14-8-7-13-21(23)26(22)25(18-9-3-1-4-10-18)19-11-5-2-6-12-19/h1-17H. The van der Waals surface area contributed by atoms with E-state index in [2.05, 4.69) is 101 Å². The van der Waals surface area contributed by atoms with Gasteiger partial charge in [-0.15, -0.1) is 0 Å². The lowest BCUT2D eigenvalue weighted by molar-refractivity contribution is 0.474. The molecule has 1 aliphatic heterocycles. The Morgan fingerprint density at radius 2 is 1.14 bits per heavy atom. The van der Waals surface area contributed by atoms with Crippen LogP contribution in [-0.4, -0.2) is 0 Å². The van der Waals surface area contributed by atoms with E-state index in [0.717, 1.165) is 27.1 Å². The van der Waals surface area contributed by atoms with E-state index in [-0.39, 0.29) is 0 Å². The van der Waals surface area contributed by atoms with E-state index in [0.29, 0.717) is 0 Å². The van der Waals surface area contributed by atoms with Crippen LogP contribution in [0.15, 0.2) is 108 Å². The van der Waals surface area contributed by atoms with E-state index >= 15 is 0 Å². The van der Waals surface area contributed by atoms with E-state index in [1.807, 2.05) is 18.2 Å². The highest BCUT2D eigenvalue weighted by Crippen LogP contribution is 2.48.